The highest BCUT2D eigenvalue weighted by Crippen LogP contribution is 2.20. The van der Waals surface area contributed by atoms with Crippen LogP contribution in [0.3, 0.4) is 0 Å². The number of amides is 2. The largest absolute Gasteiger partial charge is 0.369 e. The van der Waals surface area contributed by atoms with Gasteiger partial charge in [0.15, 0.2) is 0 Å². The van der Waals surface area contributed by atoms with E-state index in [1.165, 1.54) is 0 Å². The third-order valence-electron chi connectivity index (χ3n) is 5.73. The van der Waals surface area contributed by atoms with Gasteiger partial charge in [0.25, 0.3) is 5.91 Å². The minimum atomic E-state index is -0.215. The summed E-state index contributed by atoms with van der Waals surface area (Å²) in [5.74, 6) is -0.376. The van der Waals surface area contributed by atoms with E-state index in [2.05, 4.69) is 15.3 Å². The van der Waals surface area contributed by atoms with Crippen molar-refractivity contribution in [3.63, 3.8) is 0 Å². The molecule has 1 saturated heterocycles. The Labute approximate surface area is 182 Å². The van der Waals surface area contributed by atoms with Gasteiger partial charge < -0.3 is 16.0 Å². The van der Waals surface area contributed by atoms with Gasteiger partial charge in [-0.05, 0) is 57.8 Å². The Morgan fingerprint density at radius 1 is 1.30 bits per heavy atom. The van der Waals surface area contributed by atoms with Crippen LogP contribution in [0.2, 0.25) is 5.02 Å². The topological polar surface area (TPSA) is 93.2 Å². The zero-order valence-electron chi connectivity index (χ0n) is 17.7. The molecule has 3 rings (SSSR count). The summed E-state index contributed by atoms with van der Waals surface area (Å²) in [6, 6.07) is 7.64. The summed E-state index contributed by atoms with van der Waals surface area (Å²) in [5.41, 5.74) is 8.55. The summed E-state index contributed by atoms with van der Waals surface area (Å²) >= 11 is 6.26. The second-order valence-electron chi connectivity index (χ2n) is 7.95. The van der Waals surface area contributed by atoms with Gasteiger partial charge in [0.05, 0.1) is 23.7 Å². The zero-order chi connectivity index (χ0) is 21.7. The molecular weight excluding hydrogens is 402 g/mol. The number of aromatic nitrogens is 2. The van der Waals surface area contributed by atoms with Crippen molar-refractivity contribution in [2.75, 3.05) is 26.2 Å². The number of rotatable bonds is 8. The molecule has 30 heavy (non-hydrogen) atoms. The smallest absolute Gasteiger partial charge is 0.255 e. The third-order valence-corrected chi connectivity index (χ3v) is 6.10. The van der Waals surface area contributed by atoms with Crippen LogP contribution in [0.15, 0.2) is 24.3 Å². The lowest BCUT2D eigenvalue weighted by molar-refractivity contribution is -0.123. The number of likely N-dealkylation sites (tertiary alicyclic amines) is 1. The molecule has 162 valence electrons. The van der Waals surface area contributed by atoms with E-state index >= 15 is 0 Å². The number of hydrogen-bond acceptors (Lipinski definition) is 4. The number of halogens is 1. The fourth-order valence-corrected chi connectivity index (χ4v) is 4.25. The van der Waals surface area contributed by atoms with Crippen LogP contribution in [0.4, 0.5) is 0 Å². The van der Waals surface area contributed by atoms with Crippen LogP contribution in [0.1, 0.15) is 46.6 Å². The highest BCUT2D eigenvalue weighted by molar-refractivity contribution is 6.31. The molecule has 2 heterocycles. The summed E-state index contributed by atoms with van der Waals surface area (Å²) in [7, 11) is 0. The van der Waals surface area contributed by atoms with E-state index in [1.54, 1.807) is 0 Å². The Morgan fingerprint density at radius 2 is 2.07 bits per heavy atom. The molecule has 1 aliphatic rings. The minimum absolute atomic E-state index is 0.0532. The first-order chi connectivity index (χ1) is 14.4. The Balaban J connectivity index is 1.52. The van der Waals surface area contributed by atoms with Gasteiger partial charge in [0.2, 0.25) is 5.91 Å². The summed E-state index contributed by atoms with van der Waals surface area (Å²) in [5, 5.41) is 8.23. The Kier molecular flexibility index (Phi) is 7.50. The Hall–Kier alpha value is -2.38. The van der Waals surface area contributed by atoms with E-state index in [4.69, 9.17) is 17.3 Å². The molecule has 1 aliphatic heterocycles. The van der Waals surface area contributed by atoms with Crippen LogP contribution in [0.5, 0.6) is 0 Å². The van der Waals surface area contributed by atoms with Crippen LogP contribution in [-0.4, -0.2) is 52.7 Å². The molecule has 1 aromatic carbocycles. The maximum absolute atomic E-state index is 12.7. The molecule has 1 aromatic heterocycles. The minimum Gasteiger partial charge on any atom is -0.369 e. The molecular formula is C22H30ClN5O2. The predicted molar refractivity (Wildman–Crippen MR) is 118 cm³/mol. The van der Waals surface area contributed by atoms with Crippen LogP contribution < -0.4 is 11.1 Å². The van der Waals surface area contributed by atoms with Gasteiger partial charge in [-0.3, -0.25) is 14.3 Å². The van der Waals surface area contributed by atoms with Gasteiger partial charge in [-0.25, -0.2) is 0 Å². The van der Waals surface area contributed by atoms with Crippen molar-refractivity contribution in [3.05, 3.63) is 51.8 Å². The van der Waals surface area contributed by atoms with E-state index < -0.39 is 0 Å². The number of nitrogens with two attached hydrogens (primary N) is 1. The number of benzene rings is 1. The second-order valence-corrected chi connectivity index (χ2v) is 8.35. The average Bonchev–Trinajstić information content (AvgIpc) is 3.00. The average molecular weight is 432 g/mol. The fourth-order valence-electron chi connectivity index (χ4n) is 4.05. The molecule has 0 radical (unpaired) electrons. The lowest BCUT2D eigenvalue weighted by atomic mass is 9.97. The number of carbonyl (C=O) groups excluding carboxylic acids is 2. The first-order valence-corrected chi connectivity index (χ1v) is 10.8. The number of primary amides is 1. The molecule has 0 aliphatic carbocycles. The zero-order valence-corrected chi connectivity index (χ0v) is 18.4. The monoisotopic (exact) mass is 431 g/mol. The molecule has 2 amide bonds. The van der Waals surface area contributed by atoms with Gasteiger partial charge in [-0.1, -0.05) is 29.8 Å². The molecule has 7 nitrogen and oxygen atoms in total. The van der Waals surface area contributed by atoms with E-state index in [0.717, 1.165) is 50.2 Å². The normalized spacial score (nSPS) is 17.1. The number of hydrogen-bond donors (Lipinski definition) is 2. The molecule has 2 aromatic rings. The molecule has 8 heteroatoms. The van der Waals surface area contributed by atoms with Gasteiger partial charge in [-0.15, -0.1) is 0 Å². The first-order valence-electron chi connectivity index (χ1n) is 10.4. The molecule has 1 atom stereocenters. The molecule has 0 spiro atoms. The number of nitrogens with one attached hydrogen (secondary N) is 1. The van der Waals surface area contributed by atoms with E-state index in [0.29, 0.717) is 29.4 Å². The van der Waals surface area contributed by atoms with Crippen molar-refractivity contribution in [1.29, 1.82) is 0 Å². The lowest BCUT2D eigenvalue weighted by Crippen LogP contribution is -2.42. The van der Waals surface area contributed by atoms with Crippen molar-refractivity contribution in [2.45, 2.75) is 39.7 Å². The summed E-state index contributed by atoms with van der Waals surface area (Å²) in [6.07, 6.45) is 2.69. The van der Waals surface area contributed by atoms with Crippen LogP contribution in [-0.2, 0) is 11.3 Å². The number of piperidine rings is 1. The first kappa shape index (κ1) is 22.3. The maximum atomic E-state index is 12.7. The molecule has 1 fully saturated rings. The summed E-state index contributed by atoms with van der Waals surface area (Å²) < 4.78 is 1.82. The standard InChI is InChI=1S/C22H30ClN5O2/c1-15-20(16(2)28(26-15)14-17-7-3-4-9-19(17)23)22(30)25-10-6-12-27-11-5-8-18(13-27)21(24)29/h3-4,7,9,18H,5-6,8,10-14H2,1-2H3,(H2,24,29)(H,25,30). The Morgan fingerprint density at radius 3 is 2.80 bits per heavy atom. The Bertz CT molecular complexity index is 911. The van der Waals surface area contributed by atoms with Crippen molar-refractivity contribution < 1.29 is 9.59 Å². The summed E-state index contributed by atoms with van der Waals surface area (Å²) in [4.78, 5) is 26.4. The van der Waals surface area contributed by atoms with E-state index in [-0.39, 0.29) is 17.7 Å². The molecule has 0 bridgehead atoms. The van der Waals surface area contributed by atoms with Crippen molar-refractivity contribution in [2.24, 2.45) is 11.7 Å². The summed E-state index contributed by atoms with van der Waals surface area (Å²) in [6.45, 7) is 7.39. The number of carbonyl (C=O) groups is 2. The van der Waals surface area contributed by atoms with Gasteiger partial charge >= 0.3 is 0 Å². The fraction of sp³-hybridized carbons (Fsp3) is 0.500. The van der Waals surface area contributed by atoms with Crippen LogP contribution >= 0.6 is 11.6 Å². The predicted octanol–water partition coefficient (Wildman–Crippen LogP) is 2.52. The molecule has 3 N–H and O–H groups in total. The van der Waals surface area contributed by atoms with Crippen LogP contribution in [0, 0.1) is 19.8 Å². The van der Waals surface area contributed by atoms with Crippen molar-refractivity contribution in [3.8, 4) is 0 Å². The van der Waals surface area contributed by atoms with E-state index in [1.807, 2.05) is 42.8 Å². The maximum Gasteiger partial charge on any atom is 0.255 e. The van der Waals surface area contributed by atoms with Crippen LogP contribution in [0.25, 0.3) is 0 Å². The van der Waals surface area contributed by atoms with Gasteiger partial charge in [-0.2, -0.15) is 5.10 Å². The highest BCUT2D eigenvalue weighted by Gasteiger charge is 2.23. The lowest BCUT2D eigenvalue weighted by Gasteiger charge is -2.31. The number of nitrogens with zero attached hydrogens (tertiary/aromatic N) is 3. The SMILES string of the molecule is Cc1nn(Cc2ccccc2Cl)c(C)c1C(=O)NCCCN1CCCC(C(N)=O)C1. The second kappa shape index (κ2) is 10.1. The molecule has 1 unspecified atom stereocenters. The quantitative estimate of drug-likeness (QED) is 0.628. The number of aryl methyl sites for hydroxylation is 1. The highest BCUT2D eigenvalue weighted by atomic mass is 35.5. The van der Waals surface area contributed by atoms with Gasteiger partial charge in [0, 0.05) is 23.8 Å². The van der Waals surface area contributed by atoms with Crippen molar-refractivity contribution >= 4 is 23.4 Å². The molecule has 0 saturated carbocycles. The van der Waals surface area contributed by atoms with E-state index in [9.17, 15) is 9.59 Å². The third kappa shape index (κ3) is 5.40. The van der Waals surface area contributed by atoms with Gasteiger partial charge in [0.1, 0.15) is 0 Å². The van der Waals surface area contributed by atoms with Crippen molar-refractivity contribution in [1.82, 2.24) is 20.0 Å².